The van der Waals surface area contributed by atoms with Crippen molar-refractivity contribution in [3.63, 3.8) is 0 Å². The molecule has 8 nitrogen and oxygen atoms in total. The molecule has 1 saturated carbocycles. The SMILES string of the molecule is C[C@@H]1CC[C@H]2C(=O)N(c3ccc(NCC(C)(C)CN(C)C)c([N+](=O)[O-])c3)C(=O)[C@H]2C1. The number of fused-ring (bicyclic) bond motifs is 1. The van der Waals surface area contributed by atoms with Gasteiger partial charge in [-0.15, -0.1) is 0 Å². The minimum atomic E-state index is -0.467. The van der Waals surface area contributed by atoms with Crippen molar-refractivity contribution in [1.29, 1.82) is 0 Å². The summed E-state index contributed by atoms with van der Waals surface area (Å²) < 4.78 is 0. The van der Waals surface area contributed by atoms with Crippen LogP contribution in [0, 0.1) is 33.3 Å². The third-order valence-electron chi connectivity index (χ3n) is 6.13. The molecule has 1 aliphatic heterocycles. The van der Waals surface area contributed by atoms with E-state index in [9.17, 15) is 19.7 Å². The first-order valence-electron chi connectivity index (χ1n) is 10.5. The summed E-state index contributed by atoms with van der Waals surface area (Å²) in [6.45, 7) is 7.65. The first-order valence-corrected chi connectivity index (χ1v) is 10.5. The second-order valence-corrected chi connectivity index (χ2v) is 9.86. The number of hydrogen-bond acceptors (Lipinski definition) is 6. The van der Waals surface area contributed by atoms with Gasteiger partial charge in [-0.2, -0.15) is 0 Å². The Hall–Kier alpha value is -2.48. The summed E-state index contributed by atoms with van der Waals surface area (Å²) >= 11 is 0. The summed E-state index contributed by atoms with van der Waals surface area (Å²) in [4.78, 5) is 40.3. The minimum absolute atomic E-state index is 0.0939. The molecule has 1 aromatic carbocycles. The lowest BCUT2D eigenvalue weighted by molar-refractivity contribution is -0.383. The highest BCUT2D eigenvalue weighted by atomic mass is 16.6. The van der Waals surface area contributed by atoms with E-state index in [0.717, 1.165) is 13.0 Å². The molecular weight excluding hydrogens is 384 g/mol. The molecule has 164 valence electrons. The van der Waals surface area contributed by atoms with Crippen LogP contribution in [0.5, 0.6) is 0 Å². The van der Waals surface area contributed by atoms with E-state index in [0.29, 0.717) is 31.0 Å². The molecule has 1 aromatic rings. The fourth-order valence-corrected chi connectivity index (χ4v) is 4.85. The summed E-state index contributed by atoms with van der Waals surface area (Å²) in [5, 5.41) is 14.9. The zero-order chi connectivity index (χ0) is 22.2. The van der Waals surface area contributed by atoms with E-state index in [-0.39, 0.29) is 40.4 Å². The largest absolute Gasteiger partial charge is 0.379 e. The fourth-order valence-electron chi connectivity index (χ4n) is 4.85. The predicted octanol–water partition coefficient (Wildman–Crippen LogP) is 3.52. The second kappa shape index (κ2) is 8.34. The molecule has 2 amide bonds. The summed E-state index contributed by atoms with van der Waals surface area (Å²) in [5.74, 6) is -0.630. The van der Waals surface area contributed by atoms with Crippen LogP contribution in [0.15, 0.2) is 18.2 Å². The number of rotatable bonds is 7. The van der Waals surface area contributed by atoms with Crippen LogP contribution in [0.4, 0.5) is 17.1 Å². The molecule has 0 radical (unpaired) electrons. The Morgan fingerprint density at radius 3 is 2.50 bits per heavy atom. The smallest absolute Gasteiger partial charge is 0.294 e. The number of benzene rings is 1. The number of carbonyl (C=O) groups excluding carboxylic acids is 2. The molecule has 1 heterocycles. The van der Waals surface area contributed by atoms with Crippen LogP contribution < -0.4 is 10.2 Å². The van der Waals surface area contributed by atoms with Gasteiger partial charge in [0.05, 0.1) is 22.4 Å². The topological polar surface area (TPSA) is 95.8 Å². The maximum absolute atomic E-state index is 12.9. The fraction of sp³-hybridized carbons (Fsp3) is 0.636. The van der Waals surface area contributed by atoms with Gasteiger partial charge in [0.25, 0.3) is 5.69 Å². The lowest BCUT2D eigenvalue weighted by Crippen LogP contribution is -2.34. The van der Waals surface area contributed by atoms with Crippen LogP contribution in [0.3, 0.4) is 0 Å². The van der Waals surface area contributed by atoms with Gasteiger partial charge in [-0.05, 0) is 56.8 Å². The zero-order valence-corrected chi connectivity index (χ0v) is 18.5. The number of nitro groups is 1. The lowest BCUT2D eigenvalue weighted by atomic mass is 9.76. The molecule has 30 heavy (non-hydrogen) atoms. The normalized spacial score (nSPS) is 24.3. The van der Waals surface area contributed by atoms with Crippen LogP contribution in [0.2, 0.25) is 0 Å². The number of nitrogens with one attached hydrogen (secondary N) is 1. The molecule has 2 aliphatic rings. The molecule has 1 saturated heterocycles. The van der Waals surface area contributed by atoms with Crippen molar-refractivity contribution < 1.29 is 14.5 Å². The molecule has 0 unspecified atom stereocenters. The van der Waals surface area contributed by atoms with E-state index in [1.807, 2.05) is 14.1 Å². The van der Waals surface area contributed by atoms with Gasteiger partial charge >= 0.3 is 0 Å². The van der Waals surface area contributed by atoms with Gasteiger partial charge in [0.15, 0.2) is 0 Å². The summed E-state index contributed by atoms with van der Waals surface area (Å²) in [7, 11) is 3.98. The van der Waals surface area contributed by atoms with Gasteiger partial charge in [-0.3, -0.25) is 19.7 Å². The average molecular weight is 417 g/mol. The van der Waals surface area contributed by atoms with Crippen LogP contribution in [-0.4, -0.2) is 48.8 Å². The quantitative estimate of drug-likeness (QED) is 0.415. The van der Waals surface area contributed by atoms with Gasteiger partial charge in [0.2, 0.25) is 11.8 Å². The van der Waals surface area contributed by atoms with Gasteiger partial charge < -0.3 is 10.2 Å². The van der Waals surface area contributed by atoms with Gasteiger partial charge in [-0.1, -0.05) is 20.8 Å². The van der Waals surface area contributed by atoms with Crippen LogP contribution in [0.25, 0.3) is 0 Å². The van der Waals surface area contributed by atoms with Crippen molar-refractivity contribution in [3.05, 3.63) is 28.3 Å². The third kappa shape index (κ3) is 4.48. The van der Waals surface area contributed by atoms with E-state index >= 15 is 0 Å². The Morgan fingerprint density at radius 2 is 1.87 bits per heavy atom. The maximum atomic E-state index is 12.9. The molecule has 2 fully saturated rings. The Kier molecular flexibility index (Phi) is 6.17. The summed E-state index contributed by atoms with van der Waals surface area (Å²) in [6, 6.07) is 4.58. The number of amides is 2. The number of anilines is 2. The monoisotopic (exact) mass is 416 g/mol. The van der Waals surface area contributed by atoms with Gasteiger partial charge in [0, 0.05) is 19.2 Å². The van der Waals surface area contributed by atoms with Crippen molar-refractivity contribution in [3.8, 4) is 0 Å². The van der Waals surface area contributed by atoms with E-state index < -0.39 is 4.92 Å². The molecule has 1 aliphatic carbocycles. The molecule has 0 aromatic heterocycles. The summed E-state index contributed by atoms with van der Waals surface area (Å²) in [6.07, 6.45) is 2.34. The van der Waals surface area contributed by atoms with Crippen molar-refractivity contribution >= 4 is 28.9 Å². The third-order valence-corrected chi connectivity index (χ3v) is 6.13. The molecule has 1 N–H and O–H groups in total. The predicted molar refractivity (Wildman–Crippen MR) is 116 cm³/mol. The standard InChI is InChI=1S/C22H32N4O4/c1-14-6-8-16-17(10-14)21(28)25(20(16)27)15-7-9-18(19(11-15)26(29)30)23-12-22(2,3)13-24(4)5/h7,9,11,14,16-17,23H,6,8,10,12-13H2,1-5H3/t14-,16-,17+/m1/s1. The van der Waals surface area contributed by atoms with Gasteiger partial charge in [-0.25, -0.2) is 4.90 Å². The van der Waals surface area contributed by atoms with Crippen molar-refractivity contribution in [2.45, 2.75) is 40.0 Å². The number of nitro benzene ring substituents is 1. The highest BCUT2D eigenvalue weighted by molar-refractivity contribution is 6.22. The van der Waals surface area contributed by atoms with Crippen LogP contribution >= 0.6 is 0 Å². The Labute approximate surface area is 177 Å². The van der Waals surface area contributed by atoms with Crippen molar-refractivity contribution in [1.82, 2.24) is 4.90 Å². The Morgan fingerprint density at radius 1 is 1.20 bits per heavy atom. The van der Waals surface area contributed by atoms with E-state index in [1.54, 1.807) is 12.1 Å². The molecular formula is C22H32N4O4. The zero-order valence-electron chi connectivity index (χ0n) is 18.5. The maximum Gasteiger partial charge on any atom is 0.294 e. The summed E-state index contributed by atoms with van der Waals surface area (Å²) in [5.41, 5.74) is 0.457. The minimum Gasteiger partial charge on any atom is -0.379 e. The molecule has 0 bridgehead atoms. The highest BCUT2D eigenvalue weighted by Crippen LogP contribution is 2.43. The van der Waals surface area contributed by atoms with Crippen molar-refractivity contribution in [2.24, 2.45) is 23.2 Å². The van der Waals surface area contributed by atoms with E-state index in [4.69, 9.17) is 0 Å². The second-order valence-electron chi connectivity index (χ2n) is 9.86. The highest BCUT2D eigenvalue weighted by Gasteiger charge is 2.50. The number of carbonyl (C=O) groups is 2. The van der Waals surface area contributed by atoms with Crippen LogP contribution in [0.1, 0.15) is 40.0 Å². The van der Waals surface area contributed by atoms with Gasteiger partial charge in [0.1, 0.15) is 5.69 Å². The Bertz CT molecular complexity index is 852. The number of imide groups is 1. The molecule has 3 atom stereocenters. The van der Waals surface area contributed by atoms with Crippen LogP contribution in [-0.2, 0) is 9.59 Å². The average Bonchev–Trinajstić information content (AvgIpc) is 2.89. The molecule has 0 spiro atoms. The lowest BCUT2D eigenvalue weighted by Gasteiger charge is -2.28. The van der Waals surface area contributed by atoms with Crippen molar-refractivity contribution in [2.75, 3.05) is 37.4 Å². The Balaban J connectivity index is 1.84. The first-order chi connectivity index (χ1) is 14.0. The number of hydrogen-bond donors (Lipinski definition) is 1. The van der Waals surface area contributed by atoms with E-state index in [2.05, 4.69) is 31.0 Å². The molecule has 8 heteroatoms. The number of nitrogens with zero attached hydrogens (tertiary/aromatic N) is 3. The first kappa shape index (κ1) is 22.2. The molecule has 3 rings (SSSR count). The van der Waals surface area contributed by atoms with E-state index in [1.165, 1.54) is 11.0 Å².